The van der Waals surface area contributed by atoms with Gasteiger partial charge in [-0.15, -0.1) is 0 Å². The number of hydrogen-bond donors (Lipinski definition) is 2. The summed E-state index contributed by atoms with van der Waals surface area (Å²) in [7, 11) is 3.20. The van der Waals surface area contributed by atoms with Crippen molar-refractivity contribution in [2.75, 3.05) is 20.8 Å². The molecule has 104 valence electrons. The molecule has 1 aliphatic rings. The van der Waals surface area contributed by atoms with Crippen LogP contribution in [0.4, 0.5) is 0 Å². The number of pyridine rings is 1. The van der Waals surface area contributed by atoms with Crippen LogP contribution in [0.3, 0.4) is 0 Å². The van der Waals surface area contributed by atoms with Crippen molar-refractivity contribution in [2.24, 2.45) is 0 Å². The molecule has 2 heterocycles. The molecule has 1 fully saturated rings. The lowest BCUT2D eigenvalue weighted by atomic mass is 10.2. The van der Waals surface area contributed by atoms with Gasteiger partial charge in [-0.05, 0) is 6.42 Å². The molecule has 1 aromatic rings. The zero-order valence-electron chi connectivity index (χ0n) is 11.2. The standard InChI is InChI=1S/C13H19N3O3/c1-18-11-5-6-15-10(13(11)19-2)8-14-7-9-3-4-12(17)16-9/h5-6,9,14H,3-4,7-8H2,1-2H3,(H,16,17). The second-order valence-corrected chi connectivity index (χ2v) is 4.43. The molecule has 1 aliphatic heterocycles. The van der Waals surface area contributed by atoms with Crippen LogP contribution in [0.2, 0.25) is 0 Å². The SMILES string of the molecule is COc1ccnc(CNCC2CCC(=O)N2)c1OC. The third-order valence-corrected chi connectivity index (χ3v) is 3.13. The highest BCUT2D eigenvalue weighted by molar-refractivity contribution is 5.78. The largest absolute Gasteiger partial charge is 0.493 e. The Hall–Kier alpha value is -1.82. The van der Waals surface area contributed by atoms with Crippen molar-refractivity contribution in [2.45, 2.75) is 25.4 Å². The van der Waals surface area contributed by atoms with Gasteiger partial charge in [0.1, 0.15) is 0 Å². The van der Waals surface area contributed by atoms with E-state index in [9.17, 15) is 4.79 Å². The summed E-state index contributed by atoms with van der Waals surface area (Å²) in [6.07, 6.45) is 3.19. The van der Waals surface area contributed by atoms with E-state index in [4.69, 9.17) is 9.47 Å². The number of rotatable bonds is 6. The summed E-state index contributed by atoms with van der Waals surface area (Å²) in [4.78, 5) is 15.4. The molecule has 2 rings (SSSR count). The topological polar surface area (TPSA) is 72.5 Å². The van der Waals surface area contributed by atoms with Crippen molar-refractivity contribution in [1.29, 1.82) is 0 Å². The molecule has 0 aromatic carbocycles. The van der Waals surface area contributed by atoms with Crippen LogP contribution in [0, 0.1) is 0 Å². The summed E-state index contributed by atoms with van der Waals surface area (Å²) in [5, 5.41) is 6.19. The fourth-order valence-corrected chi connectivity index (χ4v) is 2.17. The zero-order valence-corrected chi connectivity index (χ0v) is 11.2. The van der Waals surface area contributed by atoms with Crippen molar-refractivity contribution in [3.05, 3.63) is 18.0 Å². The molecule has 19 heavy (non-hydrogen) atoms. The lowest BCUT2D eigenvalue weighted by Gasteiger charge is -2.14. The Labute approximate surface area is 112 Å². The van der Waals surface area contributed by atoms with Gasteiger partial charge in [0.05, 0.1) is 19.9 Å². The van der Waals surface area contributed by atoms with E-state index in [1.807, 2.05) is 0 Å². The van der Waals surface area contributed by atoms with Gasteiger partial charge in [-0.1, -0.05) is 0 Å². The van der Waals surface area contributed by atoms with Crippen molar-refractivity contribution in [3.63, 3.8) is 0 Å². The molecule has 1 unspecified atom stereocenters. The highest BCUT2D eigenvalue weighted by Crippen LogP contribution is 2.28. The Kier molecular flexibility index (Phi) is 4.57. The lowest BCUT2D eigenvalue weighted by Crippen LogP contribution is -2.35. The van der Waals surface area contributed by atoms with Gasteiger partial charge in [0.25, 0.3) is 0 Å². The van der Waals surface area contributed by atoms with Crippen LogP contribution < -0.4 is 20.1 Å². The summed E-state index contributed by atoms with van der Waals surface area (Å²) in [5.41, 5.74) is 0.797. The molecular weight excluding hydrogens is 246 g/mol. The Morgan fingerprint density at radius 3 is 2.95 bits per heavy atom. The van der Waals surface area contributed by atoms with Crippen LogP contribution in [0.1, 0.15) is 18.5 Å². The van der Waals surface area contributed by atoms with Crippen molar-refractivity contribution in [1.82, 2.24) is 15.6 Å². The van der Waals surface area contributed by atoms with Gasteiger partial charge in [-0.25, -0.2) is 0 Å². The summed E-state index contributed by atoms with van der Waals surface area (Å²) < 4.78 is 10.5. The Bertz CT molecular complexity index is 451. The number of ether oxygens (including phenoxy) is 2. The van der Waals surface area contributed by atoms with Gasteiger partial charge in [-0.3, -0.25) is 9.78 Å². The molecule has 6 heteroatoms. The molecule has 2 N–H and O–H groups in total. The van der Waals surface area contributed by atoms with E-state index in [0.717, 1.165) is 18.7 Å². The fourth-order valence-electron chi connectivity index (χ4n) is 2.17. The third kappa shape index (κ3) is 3.35. The third-order valence-electron chi connectivity index (χ3n) is 3.13. The maximum atomic E-state index is 11.1. The maximum Gasteiger partial charge on any atom is 0.220 e. The first-order valence-electron chi connectivity index (χ1n) is 6.30. The van der Waals surface area contributed by atoms with Gasteiger partial charge in [0, 0.05) is 37.8 Å². The summed E-state index contributed by atoms with van der Waals surface area (Å²) >= 11 is 0. The van der Waals surface area contributed by atoms with Gasteiger partial charge in [-0.2, -0.15) is 0 Å². The minimum absolute atomic E-state index is 0.129. The van der Waals surface area contributed by atoms with Crippen LogP contribution in [0.15, 0.2) is 12.3 Å². The van der Waals surface area contributed by atoms with Gasteiger partial charge in [0.15, 0.2) is 11.5 Å². The monoisotopic (exact) mass is 265 g/mol. The van der Waals surface area contributed by atoms with E-state index in [1.165, 1.54) is 0 Å². The molecule has 0 spiro atoms. The summed E-state index contributed by atoms with van der Waals surface area (Å²) in [6, 6.07) is 1.98. The molecule has 1 aromatic heterocycles. The minimum Gasteiger partial charge on any atom is -0.493 e. The van der Waals surface area contributed by atoms with Crippen LogP contribution >= 0.6 is 0 Å². The number of methoxy groups -OCH3 is 2. The van der Waals surface area contributed by atoms with Crippen molar-refractivity contribution < 1.29 is 14.3 Å². The van der Waals surface area contributed by atoms with Crippen LogP contribution in [-0.4, -0.2) is 37.7 Å². The molecule has 6 nitrogen and oxygen atoms in total. The number of carbonyl (C=O) groups excluding carboxylic acids is 1. The minimum atomic E-state index is 0.129. The maximum absolute atomic E-state index is 11.1. The quantitative estimate of drug-likeness (QED) is 0.782. The number of aromatic nitrogens is 1. The average Bonchev–Trinajstić information content (AvgIpc) is 2.84. The molecule has 0 radical (unpaired) electrons. The predicted octanol–water partition coefficient (Wildman–Crippen LogP) is 0.467. The van der Waals surface area contributed by atoms with Crippen LogP contribution in [-0.2, 0) is 11.3 Å². The Morgan fingerprint density at radius 2 is 2.32 bits per heavy atom. The number of amides is 1. The number of carbonyl (C=O) groups is 1. The molecule has 0 bridgehead atoms. The average molecular weight is 265 g/mol. The van der Waals surface area contributed by atoms with E-state index >= 15 is 0 Å². The second kappa shape index (κ2) is 6.38. The number of nitrogens with zero attached hydrogens (tertiary/aromatic N) is 1. The van der Waals surface area contributed by atoms with E-state index in [1.54, 1.807) is 26.5 Å². The first-order valence-corrected chi connectivity index (χ1v) is 6.30. The Balaban J connectivity index is 1.90. The van der Waals surface area contributed by atoms with Crippen molar-refractivity contribution in [3.8, 4) is 11.5 Å². The zero-order chi connectivity index (χ0) is 13.7. The van der Waals surface area contributed by atoms with Crippen molar-refractivity contribution >= 4 is 5.91 Å². The lowest BCUT2D eigenvalue weighted by molar-refractivity contribution is -0.119. The fraction of sp³-hybridized carbons (Fsp3) is 0.538. The second-order valence-electron chi connectivity index (χ2n) is 4.43. The number of hydrogen-bond acceptors (Lipinski definition) is 5. The summed E-state index contributed by atoms with van der Waals surface area (Å²) in [5.74, 6) is 1.44. The van der Waals surface area contributed by atoms with Gasteiger partial charge >= 0.3 is 0 Å². The highest BCUT2D eigenvalue weighted by atomic mass is 16.5. The predicted molar refractivity (Wildman–Crippen MR) is 70.2 cm³/mol. The molecule has 1 saturated heterocycles. The molecule has 0 saturated carbocycles. The van der Waals surface area contributed by atoms with Crippen LogP contribution in [0.25, 0.3) is 0 Å². The highest BCUT2D eigenvalue weighted by Gasteiger charge is 2.20. The molecule has 0 aliphatic carbocycles. The first-order chi connectivity index (χ1) is 9.24. The van der Waals surface area contributed by atoms with Gasteiger partial charge < -0.3 is 20.1 Å². The molecule has 1 atom stereocenters. The normalized spacial score (nSPS) is 18.2. The van der Waals surface area contributed by atoms with Gasteiger partial charge in [0.2, 0.25) is 5.91 Å². The summed E-state index contributed by atoms with van der Waals surface area (Å²) in [6.45, 7) is 1.31. The van der Waals surface area contributed by atoms with E-state index in [0.29, 0.717) is 24.5 Å². The molecular formula is C13H19N3O3. The molecule has 1 amide bonds. The smallest absolute Gasteiger partial charge is 0.220 e. The van der Waals surface area contributed by atoms with E-state index < -0.39 is 0 Å². The van der Waals surface area contributed by atoms with Crippen LogP contribution in [0.5, 0.6) is 11.5 Å². The number of nitrogens with one attached hydrogen (secondary N) is 2. The first kappa shape index (κ1) is 13.6. The van der Waals surface area contributed by atoms with E-state index in [2.05, 4.69) is 15.6 Å². The Morgan fingerprint density at radius 1 is 1.47 bits per heavy atom. The van der Waals surface area contributed by atoms with E-state index in [-0.39, 0.29) is 11.9 Å².